The van der Waals surface area contributed by atoms with Crippen molar-refractivity contribution in [2.75, 3.05) is 25.6 Å². The van der Waals surface area contributed by atoms with Crippen molar-refractivity contribution >= 4 is 6.01 Å². The Balaban J connectivity index is 1.94. The Kier molecular flexibility index (Phi) is 5.57. The number of methoxy groups -OCH3 is 1. The minimum Gasteiger partial charge on any atom is -0.497 e. The van der Waals surface area contributed by atoms with E-state index in [4.69, 9.17) is 9.15 Å². The molecule has 0 amide bonds. The highest BCUT2D eigenvalue weighted by Crippen LogP contribution is 2.17. The van der Waals surface area contributed by atoms with Crippen LogP contribution in [0.1, 0.15) is 24.8 Å². The molecular weight excluding hydrogens is 268 g/mol. The van der Waals surface area contributed by atoms with Gasteiger partial charge in [-0.2, -0.15) is 0 Å². The van der Waals surface area contributed by atoms with Crippen LogP contribution in [0.15, 0.2) is 28.7 Å². The molecule has 0 unspecified atom stereocenters. The molecule has 0 bridgehead atoms. The third kappa shape index (κ3) is 4.46. The van der Waals surface area contributed by atoms with E-state index in [1.807, 2.05) is 36.2 Å². The fourth-order valence-corrected chi connectivity index (χ4v) is 1.95. The lowest BCUT2D eigenvalue weighted by atomic mass is 10.2. The summed E-state index contributed by atoms with van der Waals surface area (Å²) in [7, 11) is 3.59. The first-order valence-corrected chi connectivity index (χ1v) is 7.10. The Morgan fingerprint density at radius 3 is 2.95 bits per heavy atom. The van der Waals surface area contributed by atoms with Crippen molar-refractivity contribution < 1.29 is 9.15 Å². The number of hydrogen-bond donors (Lipinski definition) is 1. The second kappa shape index (κ2) is 7.64. The summed E-state index contributed by atoms with van der Waals surface area (Å²) in [6.45, 7) is 4.35. The zero-order valence-corrected chi connectivity index (χ0v) is 12.8. The highest BCUT2D eigenvalue weighted by atomic mass is 16.5. The number of anilines is 1. The van der Waals surface area contributed by atoms with E-state index >= 15 is 0 Å². The highest BCUT2D eigenvalue weighted by molar-refractivity contribution is 5.32. The largest absolute Gasteiger partial charge is 0.497 e. The Hall–Kier alpha value is -2.08. The van der Waals surface area contributed by atoms with Gasteiger partial charge in [-0.15, -0.1) is 5.10 Å². The maximum atomic E-state index is 5.63. The fraction of sp³-hybridized carbons (Fsp3) is 0.467. The number of aromatic nitrogens is 2. The maximum absolute atomic E-state index is 5.63. The van der Waals surface area contributed by atoms with Gasteiger partial charge in [0.05, 0.1) is 13.7 Å². The summed E-state index contributed by atoms with van der Waals surface area (Å²) in [5.41, 5.74) is 1.13. The van der Waals surface area contributed by atoms with Gasteiger partial charge in [-0.3, -0.25) is 0 Å². The van der Waals surface area contributed by atoms with Crippen molar-refractivity contribution in [3.05, 3.63) is 35.7 Å². The SMILES string of the molecule is CCCNCc1nnc(N(C)Cc2cccc(OC)c2)o1. The molecule has 6 heteroatoms. The van der Waals surface area contributed by atoms with Crippen molar-refractivity contribution in [2.45, 2.75) is 26.4 Å². The molecule has 21 heavy (non-hydrogen) atoms. The van der Waals surface area contributed by atoms with E-state index in [0.29, 0.717) is 25.0 Å². The molecule has 0 aliphatic heterocycles. The van der Waals surface area contributed by atoms with Gasteiger partial charge in [0.1, 0.15) is 5.75 Å². The predicted octanol–water partition coefficient (Wildman–Crippen LogP) is 2.21. The van der Waals surface area contributed by atoms with Gasteiger partial charge in [0.15, 0.2) is 0 Å². The maximum Gasteiger partial charge on any atom is 0.318 e. The molecule has 1 N–H and O–H groups in total. The topological polar surface area (TPSA) is 63.4 Å². The summed E-state index contributed by atoms with van der Waals surface area (Å²) in [5, 5.41) is 11.3. The molecule has 1 heterocycles. The van der Waals surface area contributed by atoms with E-state index in [1.54, 1.807) is 7.11 Å². The number of nitrogens with zero attached hydrogens (tertiary/aromatic N) is 3. The molecule has 0 aliphatic carbocycles. The van der Waals surface area contributed by atoms with Crippen LogP contribution in [0.4, 0.5) is 6.01 Å². The summed E-state index contributed by atoms with van der Waals surface area (Å²) < 4.78 is 10.9. The minimum atomic E-state index is 0.520. The third-order valence-corrected chi connectivity index (χ3v) is 3.04. The standard InChI is InChI=1S/C15H22N4O2/c1-4-8-16-10-14-17-18-15(21-14)19(2)11-12-6-5-7-13(9-12)20-3/h5-7,9,16H,4,8,10-11H2,1-3H3. The third-order valence-electron chi connectivity index (χ3n) is 3.04. The molecule has 0 saturated heterocycles. The summed E-state index contributed by atoms with van der Waals surface area (Å²) in [6, 6.07) is 8.45. The van der Waals surface area contributed by atoms with Crippen LogP contribution in [-0.4, -0.2) is 30.9 Å². The lowest BCUT2D eigenvalue weighted by molar-refractivity contribution is 0.414. The summed E-state index contributed by atoms with van der Waals surface area (Å²) in [6.07, 6.45) is 1.08. The van der Waals surface area contributed by atoms with Crippen LogP contribution in [0.3, 0.4) is 0 Å². The number of rotatable bonds is 8. The van der Waals surface area contributed by atoms with Crippen molar-refractivity contribution in [1.82, 2.24) is 15.5 Å². The average molecular weight is 290 g/mol. The van der Waals surface area contributed by atoms with Crippen LogP contribution < -0.4 is 15.0 Å². The molecule has 0 atom stereocenters. The van der Waals surface area contributed by atoms with Gasteiger partial charge in [-0.1, -0.05) is 24.2 Å². The molecular formula is C15H22N4O2. The van der Waals surface area contributed by atoms with Gasteiger partial charge in [0.25, 0.3) is 0 Å². The van der Waals surface area contributed by atoms with Gasteiger partial charge in [-0.05, 0) is 30.7 Å². The Morgan fingerprint density at radius 1 is 1.33 bits per heavy atom. The monoisotopic (exact) mass is 290 g/mol. The van der Waals surface area contributed by atoms with Crippen LogP contribution in [-0.2, 0) is 13.1 Å². The van der Waals surface area contributed by atoms with Gasteiger partial charge >= 0.3 is 6.01 Å². The predicted molar refractivity (Wildman–Crippen MR) is 81.4 cm³/mol. The van der Waals surface area contributed by atoms with E-state index in [2.05, 4.69) is 22.4 Å². The Morgan fingerprint density at radius 2 is 2.19 bits per heavy atom. The van der Waals surface area contributed by atoms with Gasteiger partial charge in [0, 0.05) is 13.6 Å². The summed E-state index contributed by atoms with van der Waals surface area (Å²) in [5.74, 6) is 1.45. The van der Waals surface area contributed by atoms with E-state index in [0.717, 1.165) is 24.3 Å². The quantitative estimate of drug-likeness (QED) is 0.752. The zero-order valence-electron chi connectivity index (χ0n) is 12.8. The molecule has 6 nitrogen and oxygen atoms in total. The molecule has 0 saturated carbocycles. The normalized spacial score (nSPS) is 10.6. The Labute approximate surface area is 125 Å². The molecule has 0 aliphatic rings. The zero-order chi connectivity index (χ0) is 15.1. The van der Waals surface area contributed by atoms with Crippen molar-refractivity contribution in [3.63, 3.8) is 0 Å². The lowest BCUT2D eigenvalue weighted by Crippen LogP contribution is -2.16. The average Bonchev–Trinajstić information content (AvgIpc) is 2.97. The molecule has 0 spiro atoms. The minimum absolute atomic E-state index is 0.520. The number of ether oxygens (including phenoxy) is 1. The second-order valence-electron chi connectivity index (χ2n) is 4.86. The highest BCUT2D eigenvalue weighted by Gasteiger charge is 2.11. The van der Waals surface area contributed by atoms with Crippen LogP contribution in [0.5, 0.6) is 5.75 Å². The number of nitrogens with one attached hydrogen (secondary N) is 1. The smallest absolute Gasteiger partial charge is 0.318 e. The molecule has 114 valence electrons. The van der Waals surface area contributed by atoms with Crippen molar-refractivity contribution in [1.29, 1.82) is 0 Å². The second-order valence-corrected chi connectivity index (χ2v) is 4.86. The van der Waals surface area contributed by atoms with Crippen LogP contribution in [0.2, 0.25) is 0 Å². The molecule has 0 fully saturated rings. The first-order chi connectivity index (χ1) is 10.2. The lowest BCUT2D eigenvalue weighted by Gasteiger charge is -2.14. The summed E-state index contributed by atoms with van der Waals surface area (Å²) in [4.78, 5) is 1.92. The first-order valence-electron chi connectivity index (χ1n) is 7.10. The number of hydrogen-bond acceptors (Lipinski definition) is 6. The van der Waals surface area contributed by atoms with Gasteiger partial charge in [0.2, 0.25) is 5.89 Å². The van der Waals surface area contributed by atoms with E-state index in [9.17, 15) is 0 Å². The van der Waals surface area contributed by atoms with Crippen molar-refractivity contribution in [2.24, 2.45) is 0 Å². The molecule has 2 rings (SSSR count). The molecule has 1 aromatic heterocycles. The van der Waals surface area contributed by atoms with Crippen LogP contribution >= 0.6 is 0 Å². The van der Waals surface area contributed by atoms with Gasteiger partial charge in [-0.25, -0.2) is 0 Å². The molecule has 0 radical (unpaired) electrons. The van der Waals surface area contributed by atoms with E-state index in [1.165, 1.54) is 0 Å². The van der Waals surface area contributed by atoms with E-state index in [-0.39, 0.29) is 0 Å². The van der Waals surface area contributed by atoms with Gasteiger partial charge < -0.3 is 19.4 Å². The number of benzene rings is 1. The van der Waals surface area contributed by atoms with Crippen molar-refractivity contribution in [3.8, 4) is 5.75 Å². The fourth-order valence-electron chi connectivity index (χ4n) is 1.95. The Bertz CT molecular complexity index is 556. The van der Waals surface area contributed by atoms with E-state index < -0.39 is 0 Å². The molecule has 2 aromatic rings. The summed E-state index contributed by atoms with van der Waals surface area (Å²) >= 11 is 0. The van der Waals surface area contributed by atoms with Crippen LogP contribution in [0, 0.1) is 0 Å². The van der Waals surface area contributed by atoms with Crippen LogP contribution in [0.25, 0.3) is 0 Å². The molecule has 1 aromatic carbocycles. The first kappa shape index (κ1) is 15.3.